The van der Waals surface area contributed by atoms with Crippen molar-refractivity contribution in [1.29, 1.82) is 0 Å². The monoisotopic (exact) mass is 1110 g/mol. The van der Waals surface area contributed by atoms with E-state index >= 15 is 0 Å². The van der Waals surface area contributed by atoms with Gasteiger partial charge in [0.1, 0.15) is 18.8 Å². The smallest absolute Gasteiger partial charge is 0.335 e. The Kier molecular flexibility index (Phi) is 50.3. The third-order valence-corrected chi connectivity index (χ3v) is 14.0. The van der Waals surface area contributed by atoms with Crippen LogP contribution in [0.2, 0.25) is 0 Å². The summed E-state index contributed by atoms with van der Waals surface area (Å²) in [6.07, 6.45) is 58.3. The fraction of sp³-hybridized carbons (Fsp3) is 0.731. The van der Waals surface area contributed by atoms with Gasteiger partial charge in [-0.1, -0.05) is 241 Å². The lowest BCUT2D eigenvalue weighted by atomic mass is 9.98. The van der Waals surface area contributed by atoms with Crippen molar-refractivity contribution in [3.8, 4) is 0 Å². The number of rotatable bonds is 53. The number of allylic oxidation sites excluding steroid dienone is 14. The molecular weight excluding hydrogens is 997 g/mol. The van der Waals surface area contributed by atoms with Gasteiger partial charge < -0.3 is 39.0 Å². The van der Waals surface area contributed by atoms with Crippen LogP contribution in [0.25, 0.3) is 0 Å². The minimum absolute atomic E-state index is 0.0565. The van der Waals surface area contributed by atoms with Crippen LogP contribution >= 0.6 is 0 Å². The maximum Gasteiger partial charge on any atom is 0.335 e. The molecule has 0 aromatic rings. The van der Waals surface area contributed by atoms with E-state index < -0.39 is 67.3 Å². The molecule has 1 saturated heterocycles. The topological polar surface area (TPSA) is 175 Å². The van der Waals surface area contributed by atoms with Gasteiger partial charge in [0.25, 0.3) is 0 Å². The van der Waals surface area contributed by atoms with E-state index in [0.29, 0.717) is 19.3 Å². The first kappa shape index (κ1) is 72.9. The van der Waals surface area contributed by atoms with Crippen LogP contribution in [-0.4, -0.2) is 89.2 Å². The van der Waals surface area contributed by atoms with Crippen LogP contribution in [0.1, 0.15) is 265 Å². The summed E-state index contributed by atoms with van der Waals surface area (Å²) >= 11 is 0. The number of carboxylic acids is 1. The van der Waals surface area contributed by atoms with Gasteiger partial charge in [0.05, 0.1) is 6.61 Å². The summed E-state index contributed by atoms with van der Waals surface area (Å²) in [5.74, 6) is -3.17. The summed E-state index contributed by atoms with van der Waals surface area (Å²) in [6, 6.07) is 0. The van der Waals surface area contributed by atoms with E-state index in [1.807, 2.05) is 0 Å². The number of carboxylic acid groups (broad SMARTS) is 1. The molecule has 6 unspecified atom stereocenters. The van der Waals surface area contributed by atoms with Crippen molar-refractivity contribution < 1.29 is 58.2 Å². The van der Waals surface area contributed by atoms with E-state index in [1.165, 1.54) is 77.0 Å². The first-order valence-electron chi connectivity index (χ1n) is 31.6. The highest BCUT2D eigenvalue weighted by molar-refractivity contribution is 5.74. The molecular formula is C67H112O12. The van der Waals surface area contributed by atoms with E-state index in [1.54, 1.807) is 0 Å². The zero-order chi connectivity index (χ0) is 57.5. The predicted molar refractivity (Wildman–Crippen MR) is 321 cm³/mol. The molecule has 0 radical (unpaired) electrons. The maximum absolute atomic E-state index is 13.2. The van der Waals surface area contributed by atoms with Gasteiger partial charge in [0.2, 0.25) is 0 Å². The Hall–Kier alpha value is -4.10. The molecule has 1 rings (SSSR count). The third kappa shape index (κ3) is 44.3. The molecule has 1 aliphatic rings. The number of unbranched alkanes of at least 4 members (excludes halogenated alkanes) is 25. The van der Waals surface area contributed by atoms with Gasteiger partial charge in [-0.2, -0.15) is 0 Å². The number of aliphatic carboxylic acids is 1. The van der Waals surface area contributed by atoms with Crippen molar-refractivity contribution in [2.45, 2.75) is 302 Å². The van der Waals surface area contributed by atoms with Gasteiger partial charge >= 0.3 is 23.9 Å². The van der Waals surface area contributed by atoms with Gasteiger partial charge in [-0.05, 0) is 89.9 Å². The van der Waals surface area contributed by atoms with E-state index in [2.05, 4.69) is 106 Å². The maximum atomic E-state index is 13.2. The van der Waals surface area contributed by atoms with Crippen molar-refractivity contribution in [2.24, 2.45) is 0 Å². The minimum atomic E-state index is -1.91. The lowest BCUT2D eigenvalue weighted by Gasteiger charge is -2.40. The van der Waals surface area contributed by atoms with Gasteiger partial charge in [0.15, 0.2) is 24.6 Å². The zero-order valence-electron chi connectivity index (χ0n) is 49.8. The molecule has 0 aromatic carbocycles. The lowest BCUT2D eigenvalue weighted by molar-refractivity contribution is -0.301. The molecule has 0 aromatic heterocycles. The molecule has 0 saturated carbocycles. The molecule has 0 amide bonds. The van der Waals surface area contributed by atoms with Crippen LogP contribution in [0.4, 0.5) is 0 Å². The molecule has 1 fully saturated rings. The molecule has 6 atom stereocenters. The molecule has 0 bridgehead atoms. The Bertz CT molecular complexity index is 1700. The normalized spacial score (nSPS) is 18.4. The highest BCUT2D eigenvalue weighted by Crippen LogP contribution is 2.27. The van der Waals surface area contributed by atoms with Crippen LogP contribution in [0.15, 0.2) is 85.1 Å². The number of carbonyl (C=O) groups excluding carboxylic acids is 3. The number of hydrogen-bond acceptors (Lipinski definition) is 11. The molecule has 12 nitrogen and oxygen atoms in total. The number of carbonyl (C=O) groups is 4. The highest BCUT2D eigenvalue weighted by atomic mass is 16.7. The molecule has 79 heavy (non-hydrogen) atoms. The fourth-order valence-corrected chi connectivity index (χ4v) is 9.20. The number of aliphatic hydroxyl groups is 2. The van der Waals surface area contributed by atoms with Crippen LogP contribution in [0, 0.1) is 0 Å². The average Bonchev–Trinajstić information content (AvgIpc) is 3.47. The number of aliphatic hydroxyl groups excluding tert-OH is 2. The highest BCUT2D eigenvalue weighted by Gasteiger charge is 2.50. The van der Waals surface area contributed by atoms with Crippen molar-refractivity contribution in [2.75, 3.05) is 13.2 Å². The van der Waals surface area contributed by atoms with Gasteiger partial charge in [-0.15, -0.1) is 0 Å². The van der Waals surface area contributed by atoms with Crippen molar-refractivity contribution in [3.63, 3.8) is 0 Å². The van der Waals surface area contributed by atoms with E-state index in [-0.39, 0.29) is 25.9 Å². The summed E-state index contributed by atoms with van der Waals surface area (Å²) in [5, 5.41) is 31.6. The second-order valence-electron chi connectivity index (χ2n) is 21.3. The van der Waals surface area contributed by atoms with E-state index in [9.17, 15) is 34.5 Å². The Morgan fingerprint density at radius 1 is 0.430 bits per heavy atom. The van der Waals surface area contributed by atoms with Crippen molar-refractivity contribution in [3.05, 3.63) is 85.1 Å². The largest absolute Gasteiger partial charge is 0.479 e. The van der Waals surface area contributed by atoms with E-state index in [0.717, 1.165) is 128 Å². The molecule has 452 valence electrons. The second kappa shape index (κ2) is 54.5. The van der Waals surface area contributed by atoms with Crippen LogP contribution < -0.4 is 0 Å². The summed E-state index contributed by atoms with van der Waals surface area (Å²) in [4.78, 5) is 51.3. The molecule has 1 heterocycles. The zero-order valence-corrected chi connectivity index (χ0v) is 49.8. The van der Waals surface area contributed by atoms with Crippen LogP contribution in [0.5, 0.6) is 0 Å². The Morgan fingerprint density at radius 2 is 0.797 bits per heavy atom. The molecule has 1 aliphatic heterocycles. The van der Waals surface area contributed by atoms with E-state index in [4.69, 9.17) is 23.7 Å². The van der Waals surface area contributed by atoms with Crippen LogP contribution in [-0.2, 0) is 42.9 Å². The number of esters is 3. The molecule has 3 N–H and O–H groups in total. The first-order chi connectivity index (χ1) is 38.6. The standard InChI is InChI=1S/C67H112O12/c1-4-7-10-13-16-19-22-25-28-30-33-35-38-41-44-47-50-53-59(68)75-56-58(77-60(69)54-51-48-45-42-39-36-32-27-24-21-18-15-12-9-6-3)57-76-67-65(63(72)62(71)64(79-67)66(73)74)78-61(70)55-52-49-46-43-40-37-34-31-29-26-23-20-17-14-11-8-5-2/h7,9-10,12,16,18-19,21,25,27-28,32-33,35,58,62-65,67,71-72H,4-6,8,11,13-15,17,20,22-24,26,29-31,34,36-57H2,1-3H3,(H,73,74)/b10-7-,12-9-,19-16-,21-18-,28-25-,32-27-,35-33-. The Morgan fingerprint density at radius 3 is 1.22 bits per heavy atom. The van der Waals surface area contributed by atoms with Gasteiger partial charge in [0, 0.05) is 19.3 Å². The average molecular weight is 1110 g/mol. The van der Waals surface area contributed by atoms with Gasteiger partial charge in [-0.3, -0.25) is 14.4 Å². The summed E-state index contributed by atoms with van der Waals surface area (Å²) < 4.78 is 28.5. The number of ether oxygens (including phenoxy) is 5. The third-order valence-electron chi connectivity index (χ3n) is 14.0. The number of hydrogen-bond donors (Lipinski definition) is 3. The Balaban J connectivity index is 2.69. The summed E-state index contributed by atoms with van der Waals surface area (Å²) in [5.41, 5.74) is 0. The SMILES string of the molecule is CC/C=C\C/C=C\C/C=C\C/C=C\CCCCCCC(=O)OCC(COC1OC(C(=O)O)C(O)C(O)C1OC(=O)CCCCCCCCCCCCCCCCCCC)OC(=O)CCCCCCC/C=C\C/C=C\C/C=C\CC. The minimum Gasteiger partial charge on any atom is -0.479 e. The van der Waals surface area contributed by atoms with Gasteiger partial charge in [-0.25, -0.2) is 4.79 Å². The van der Waals surface area contributed by atoms with Crippen molar-refractivity contribution in [1.82, 2.24) is 0 Å². The molecule has 0 aliphatic carbocycles. The Labute approximate surface area is 480 Å². The van der Waals surface area contributed by atoms with Crippen molar-refractivity contribution >= 4 is 23.9 Å². The first-order valence-corrected chi connectivity index (χ1v) is 31.6. The lowest BCUT2D eigenvalue weighted by Crippen LogP contribution is -2.61. The quantitative estimate of drug-likeness (QED) is 0.0228. The molecule has 0 spiro atoms. The fourth-order valence-electron chi connectivity index (χ4n) is 9.20. The second-order valence-corrected chi connectivity index (χ2v) is 21.3. The molecule has 12 heteroatoms. The predicted octanol–water partition coefficient (Wildman–Crippen LogP) is 16.7. The summed E-state index contributed by atoms with van der Waals surface area (Å²) in [6.45, 7) is 5.76. The van der Waals surface area contributed by atoms with Crippen LogP contribution in [0.3, 0.4) is 0 Å². The summed E-state index contributed by atoms with van der Waals surface area (Å²) in [7, 11) is 0.